The molecule has 0 atom stereocenters. The zero-order valence-corrected chi connectivity index (χ0v) is 10.4. The van der Waals surface area contributed by atoms with Crippen molar-refractivity contribution in [3.8, 4) is 11.4 Å². The molecule has 0 spiro atoms. The summed E-state index contributed by atoms with van der Waals surface area (Å²) < 4.78 is 0. The second-order valence-corrected chi connectivity index (χ2v) is 5.20. The molecule has 0 aliphatic rings. The Kier molecular flexibility index (Phi) is 3.45. The maximum Gasteiger partial charge on any atom is 0.107 e. The van der Waals surface area contributed by atoms with Crippen LogP contribution in [0.2, 0.25) is 0 Å². The number of nitrogens with one attached hydrogen (secondary N) is 1. The van der Waals surface area contributed by atoms with Gasteiger partial charge in [-0.3, -0.25) is 0 Å². The molecule has 0 amide bonds. The van der Waals surface area contributed by atoms with Crippen molar-refractivity contribution in [1.29, 1.82) is 0 Å². The summed E-state index contributed by atoms with van der Waals surface area (Å²) in [5, 5.41) is 8.55. The Morgan fingerprint density at radius 1 is 1.33 bits per heavy atom. The average Bonchev–Trinajstić information content (AvgIpc) is 2.85. The minimum atomic E-state index is 0.497. The van der Waals surface area contributed by atoms with Crippen LogP contribution in [0.25, 0.3) is 11.4 Å². The van der Waals surface area contributed by atoms with Gasteiger partial charge in [-0.2, -0.15) is 0 Å². The fourth-order valence-corrected chi connectivity index (χ4v) is 2.42. The number of hydrogen-bond donors (Lipinski definition) is 1. The minimum Gasteiger partial charge on any atom is -0.308 e. The van der Waals surface area contributed by atoms with Crippen LogP contribution in [0.5, 0.6) is 0 Å². The predicted octanol–water partition coefficient (Wildman–Crippen LogP) is 2.76. The Labute approximate surface area is 97.2 Å². The van der Waals surface area contributed by atoms with Crippen molar-refractivity contribution < 1.29 is 0 Å². The monoisotopic (exact) mass is 239 g/mol. The largest absolute Gasteiger partial charge is 0.308 e. The molecule has 0 saturated heterocycles. The molecule has 2 rings (SSSR count). The number of hydrogen-bond acceptors (Lipinski definition) is 5. The maximum atomic E-state index is 4.52. The molecule has 2 aromatic heterocycles. The molecule has 0 saturated carbocycles. The fourth-order valence-electron chi connectivity index (χ4n) is 1.14. The van der Waals surface area contributed by atoms with Gasteiger partial charge in [0.25, 0.3) is 0 Å². The normalized spacial score (nSPS) is 11.1. The van der Waals surface area contributed by atoms with Crippen molar-refractivity contribution in [3.05, 3.63) is 21.3 Å². The van der Waals surface area contributed by atoms with Crippen LogP contribution in [0.1, 0.15) is 18.9 Å². The summed E-state index contributed by atoms with van der Waals surface area (Å²) in [4.78, 5) is 8.76. The molecule has 2 aromatic rings. The molecule has 0 aromatic carbocycles. The van der Waals surface area contributed by atoms with Crippen LogP contribution in [0.15, 0.2) is 16.3 Å². The van der Waals surface area contributed by atoms with E-state index in [4.69, 9.17) is 0 Å². The summed E-state index contributed by atoms with van der Waals surface area (Å²) in [6, 6.07) is 0.497. The number of thiazole rings is 2. The van der Waals surface area contributed by atoms with Gasteiger partial charge >= 0.3 is 0 Å². The van der Waals surface area contributed by atoms with Gasteiger partial charge in [-0.15, -0.1) is 22.7 Å². The molecule has 1 N–H and O–H groups in total. The van der Waals surface area contributed by atoms with E-state index in [2.05, 4.69) is 34.5 Å². The molecule has 0 aliphatic carbocycles. The molecule has 5 heteroatoms. The Bertz CT molecular complexity index is 406. The Balaban J connectivity index is 2.04. The first-order chi connectivity index (χ1) is 7.25. The number of nitrogens with zero attached hydrogens (tertiary/aromatic N) is 2. The van der Waals surface area contributed by atoms with E-state index >= 15 is 0 Å². The molecule has 0 fully saturated rings. The third-order valence-corrected chi connectivity index (χ3v) is 3.34. The van der Waals surface area contributed by atoms with Gasteiger partial charge in [-0.25, -0.2) is 9.97 Å². The van der Waals surface area contributed by atoms with Crippen molar-refractivity contribution in [2.45, 2.75) is 26.4 Å². The van der Waals surface area contributed by atoms with Crippen molar-refractivity contribution in [3.63, 3.8) is 0 Å². The highest BCUT2D eigenvalue weighted by molar-refractivity contribution is 7.10. The Morgan fingerprint density at radius 3 is 2.87 bits per heavy atom. The molecule has 0 aliphatic heterocycles. The van der Waals surface area contributed by atoms with Crippen molar-refractivity contribution in [2.75, 3.05) is 0 Å². The fraction of sp³-hybridized carbons (Fsp3) is 0.400. The van der Waals surface area contributed by atoms with E-state index in [0.29, 0.717) is 6.04 Å². The minimum absolute atomic E-state index is 0.497. The highest BCUT2D eigenvalue weighted by Gasteiger charge is 2.05. The summed E-state index contributed by atoms with van der Waals surface area (Å²) >= 11 is 3.28. The molecule has 2 heterocycles. The third-order valence-electron chi connectivity index (χ3n) is 1.91. The number of aromatic nitrogens is 2. The quantitative estimate of drug-likeness (QED) is 0.891. The lowest BCUT2D eigenvalue weighted by atomic mass is 10.4. The smallest absolute Gasteiger partial charge is 0.107 e. The van der Waals surface area contributed by atoms with Crippen LogP contribution in [-0.2, 0) is 6.54 Å². The van der Waals surface area contributed by atoms with Gasteiger partial charge in [-0.1, -0.05) is 13.8 Å². The van der Waals surface area contributed by atoms with Crippen LogP contribution in [0, 0.1) is 0 Å². The van der Waals surface area contributed by atoms with Crippen LogP contribution in [-0.4, -0.2) is 16.0 Å². The van der Waals surface area contributed by atoms with Gasteiger partial charge in [0, 0.05) is 23.3 Å². The van der Waals surface area contributed by atoms with E-state index in [9.17, 15) is 0 Å². The van der Waals surface area contributed by atoms with E-state index in [-0.39, 0.29) is 0 Å². The molecular weight excluding hydrogens is 226 g/mol. The molecule has 0 unspecified atom stereocenters. The molecule has 0 bridgehead atoms. The highest BCUT2D eigenvalue weighted by Crippen LogP contribution is 2.21. The lowest BCUT2D eigenvalue weighted by Gasteiger charge is -2.04. The van der Waals surface area contributed by atoms with Crippen molar-refractivity contribution >= 4 is 22.7 Å². The molecule has 0 radical (unpaired) electrons. The molecular formula is C10H13N3S2. The topological polar surface area (TPSA) is 37.8 Å². The van der Waals surface area contributed by atoms with E-state index in [1.165, 1.54) is 0 Å². The van der Waals surface area contributed by atoms with Crippen molar-refractivity contribution in [1.82, 2.24) is 15.3 Å². The second kappa shape index (κ2) is 4.83. The summed E-state index contributed by atoms with van der Waals surface area (Å²) in [5.74, 6) is 0. The zero-order chi connectivity index (χ0) is 10.7. The standard InChI is InChI=1S/C10H13N3S2/c1-7(2)11-3-10-13-9(5-15-10)8-4-14-6-12-8/h4-7,11H,3H2,1-2H3. The van der Waals surface area contributed by atoms with E-state index in [1.807, 2.05) is 10.9 Å². The van der Waals surface area contributed by atoms with Gasteiger partial charge in [0.15, 0.2) is 0 Å². The summed E-state index contributed by atoms with van der Waals surface area (Å²) in [7, 11) is 0. The van der Waals surface area contributed by atoms with Crippen LogP contribution in [0.4, 0.5) is 0 Å². The Morgan fingerprint density at radius 2 is 2.20 bits per heavy atom. The molecule has 15 heavy (non-hydrogen) atoms. The lowest BCUT2D eigenvalue weighted by molar-refractivity contribution is 0.587. The van der Waals surface area contributed by atoms with Gasteiger partial charge < -0.3 is 5.32 Å². The first-order valence-electron chi connectivity index (χ1n) is 4.82. The lowest BCUT2D eigenvalue weighted by Crippen LogP contribution is -2.21. The second-order valence-electron chi connectivity index (χ2n) is 3.54. The van der Waals surface area contributed by atoms with Gasteiger partial charge in [0.2, 0.25) is 0 Å². The first-order valence-corrected chi connectivity index (χ1v) is 6.64. The predicted molar refractivity (Wildman–Crippen MR) is 65.2 cm³/mol. The van der Waals surface area contributed by atoms with Gasteiger partial charge in [-0.05, 0) is 0 Å². The SMILES string of the molecule is CC(C)NCc1nc(-c2cscn2)cs1. The van der Waals surface area contributed by atoms with Crippen molar-refractivity contribution in [2.24, 2.45) is 0 Å². The van der Waals surface area contributed by atoms with Crippen LogP contribution >= 0.6 is 22.7 Å². The van der Waals surface area contributed by atoms with E-state index in [0.717, 1.165) is 22.9 Å². The highest BCUT2D eigenvalue weighted by atomic mass is 32.1. The Hall–Kier alpha value is -0.780. The average molecular weight is 239 g/mol. The van der Waals surface area contributed by atoms with E-state index in [1.54, 1.807) is 22.7 Å². The zero-order valence-electron chi connectivity index (χ0n) is 8.73. The van der Waals surface area contributed by atoms with E-state index < -0.39 is 0 Å². The summed E-state index contributed by atoms with van der Waals surface area (Å²) in [6.45, 7) is 5.11. The third kappa shape index (κ3) is 2.84. The summed E-state index contributed by atoms with van der Waals surface area (Å²) in [6.07, 6.45) is 0. The summed E-state index contributed by atoms with van der Waals surface area (Å²) in [5.41, 5.74) is 3.80. The maximum absolute atomic E-state index is 4.52. The van der Waals surface area contributed by atoms with Gasteiger partial charge in [0.1, 0.15) is 16.4 Å². The molecule has 80 valence electrons. The number of rotatable bonds is 4. The van der Waals surface area contributed by atoms with Crippen LogP contribution in [0.3, 0.4) is 0 Å². The van der Waals surface area contributed by atoms with Crippen LogP contribution < -0.4 is 5.32 Å². The first kappa shape index (κ1) is 10.7. The van der Waals surface area contributed by atoms with Gasteiger partial charge in [0.05, 0.1) is 5.51 Å². The molecule has 3 nitrogen and oxygen atoms in total.